The van der Waals surface area contributed by atoms with Crippen LogP contribution in [0.2, 0.25) is 0 Å². The number of benzene rings is 2. The Bertz CT molecular complexity index is 789. The fraction of sp³-hybridized carbons (Fsp3) is 0.292. The van der Waals surface area contributed by atoms with Crippen LogP contribution in [0.15, 0.2) is 85.1 Å². The lowest BCUT2D eigenvalue weighted by Gasteiger charge is -2.43. The van der Waals surface area contributed by atoms with Crippen LogP contribution in [0.1, 0.15) is 35.6 Å². The molecule has 4 rings (SSSR count). The lowest BCUT2D eigenvalue weighted by atomic mass is 9.74. The van der Waals surface area contributed by atoms with Crippen molar-refractivity contribution < 1.29 is 5.11 Å². The number of aromatic nitrogens is 1. The van der Waals surface area contributed by atoms with Crippen molar-refractivity contribution in [2.75, 3.05) is 13.1 Å². The van der Waals surface area contributed by atoms with Gasteiger partial charge in [-0.15, -0.1) is 0 Å². The van der Waals surface area contributed by atoms with E-state index in [9.17, 15) is 5.11 Å². The van der Waals surface area contributed by atoms with Gasteiger partial charge >= 0.3 is 0 Å². The summed E-state index contributed by atoms with van der Waals surface area (Å²) in [5, 5.41) is 11.7. The normalized spacial score (nSPS) is 18.1. The van der Waals surface area contributed by atoms with Gasteiger partial charge in [0.1, 0.15) is 0 Å². The Morgan fingerprint density at radius 3 is 2.11 bits per heavy atom. The molecule has 3 heteroatoms. The van der Waals surface area contributed by atoms with Gasteiger partial charge < -0.3 is 5.11 Å². The number of piperidine rings is 1. The van der Waals surface area contributed by atoms with Crippen LogP contribution in [0.4, 0.5) is 0 Å². The van der Waals surface area contributed by atoms with Crippen LogP contribution in [-0.4, -0.2) is 33.7 Å². The molecule has 0 radical (unpaired) electrons. The van der Waals surface area contributed by atoms with Gasteiger partial charge in [0.2, 0.25) is 0 Å². The van der Waals surface area contributed by atoms with Gasteiger partial charge in [-0.1, -0.05) is 66.7 Å². The molecule has 1 N–H and O–H groups in total. The molecule has 1 aromatic heterocycles. The van der Waals surface area contributed by atoms with Crippen LogP contribution >= 0.6 is 0 Å². The zero-order valence-corrected chi connectivity index (χ0v) is 15.5. The molecule has 138 valence electrons. The summed E-state index contributed by atoms with van der Waals surface area (Å²) >= 11 is 0. The van der Waals surface area contributed by atoms with Crippen molar-refractivity contribution >= 4 is 0 Å². The van der Waals surface area contributed by atoms with Gasteiger partial charge in [0.25, 0.3) is 0 Å². The Hall–Kier alpha value is -2.49. The Morgan fingerprint density at radius 2 is 1.48 bits per heavy atom. The maximum absolute atomic E-state index is 11.7. The van der Waals surface area contributed by atoms with E-state index in [0.717, 1.165) is 43.7 Å². The molecule has 1 atom stereocenters. The van der Waals surface area contributed by atoms with E-state index in [-0.39, 0.29) is 5.92 Å². The first-order valence-corrected chi connectivity index (χ1v) is 9.69. The third kappa shape index (κ3) is 4.10. The molecular formula is C24H26N2O. The molecule has 2 aromatic carbocycles. The van der Waals surface area contributed by atoms with E-state index < -0.39 is 5.60 Å². The van der Waals surface area contributed by atoms with Crippen LogP contribution in [0.3, 0.4) is 0 Å². The van der Waals surface area contributed by atoms with Crippen molar-refractivity contribution in [3.63, 3.8) is 0 Å². The van der Waals surface area contributed by atoms with E-state index in [2.05, 4.69) is 52.3 Å². The number of hydrogen-bond acceptors (Lipinski definition) is 3. The van der Waals surface area contributed by atoms with E-state index in [1.165, 1.54) is 5.56 Å². The second kappa shape index (κ2) is 8.03. The lowest BCUT2D eigenvalue weighted by molar-refractivity contribution is -0.0363. The van der Waals surface area contributed by atoms with Crippen LogP contribution < -0.4 is 0 Å². The van der Waals surface area contributed by atoms with Gasteiger partial charge in [-0.05, 0) is 36.1 Å². The molecule has 0 unspecified atom stereocenters. The summed E-state index contributed by atoms with van der Waals surface area (Å²) in [5.41, 5.74) is 2.63. The molecular weight excluding hydrogens is 332 g/mol. The predicted octanol–water partition coefficient (Wildman–Crippen LogP) is 4.24. The number of nitrogens with zero attached hydrogens (tertiary/aromatic N) is 2. The minimum absolute atomic E-state index is 0.0984. The van der Waals surface area contributed by atoms with Gasteiger partial charge in [0.15, 0.2) is 0 Å². The second-order valence-corrected chi connectivity index (χ2v) is 7.46. The third-order valence-electron chi connectivity index (χ3n) is 5.62. The van der Waals surface area contributed by atoms with E-state index >= 15 is 0 Å². The van der Waals surface area contributed by atoms with Crippen LogP contribution in [0.5, 0.6) is 0 Å². The zero-order chi connectivity index (χ0) is 18.5. The highest BCUT2D eigenvalue weighted by Gasteiger charge is 2.42. The average molecular weight is 358 g/mol. The van der Waals surface area contributed by atoms with Crippen molar-refractivity contribution in [3.8, 4) is 0 Å². The Labute approximate surface area is 161 Å². The minimum atomic E-state index is -0.775. The number of rotatable bonds is 5. The van der Waals surface area contributed by atoms with Crippen molar-refractivity contribution in [2.45, 2.75) is 30.9 Å². The Balaban J connectivity index is 1.54. The van der Waals surface area contributed by atoms with Crippen molar-refractivity contribution in [1.29, 1.82) is 0 Å². The molecule has 0 aliphatic carbocycles. The summed E-state index contributed by atoms with van der Waals surface area (Å²) in [6.45, 7) is 2.72. The monoisotopic (exact) mass is 358 g/mol. The molecule has 3 nitrogen and oxygen atoms in total. The molecule has 2 heterocycles. The molecule has 0 spiro atoms. The SMILES string of the molecule is OC1([C@@H](c2ccccc2)c2ccccn2)CCN(Cc2ccccc2)CC1. The Morgan fingerprint density at radius 1 is 0.852 bits per heavy atom. The van der Waals surface area contributed by atoms with Crippen molar-refractivity contribution in [2.24, 2.45) is 0 Å². The maximum Gasteiger partial charge on any atom is 0.0796 e. The van der Waals surface area contributed by atoms with Crippen molar-refractivity contribution in [3.05, 3.63) is 102 Å². The van der Waals surface area contributed by atoms with Gasteiger partial charge in [-0.2, -0.15) is 0 Å². The number of likely N-dealkylation sites (tertiary alicyclic amines) is 1. The molecule has 1 saturated heterocycles. The number of pyridine rings is 1. The lowest BCUT2D eigenvalue weighted by Crippen LogP contribution is -2.48. The molecule has 0 amide bonds. The van der Waals surface area contributed by atoms with Crippen molar-refractivity contribution in [1.82, 2.24) is 9.88 Å². The van der Waals surface area contributed by atoms with Gasteiger partial charge in [0.05, 0.1) is 17.2 Å². The maximum atomic E-state index is 11.7. The summed E-state index contributed by atoms with van der Waals surface area (Å²) in [6, 6.07) is 26.8. The van der Waals surface area contributed by atoms with Gasteiger partial charge in [-0.3, -0.25) is 9.88 Å². The highest BCUT2D eigenvalue weighted by molar-refractivity contribution is 5.32. The quantitative estimate of drug-likeness (QED) is 0.741. The predicted molar refractivity (Wildman–Crippen MR) is 108 cm³/mol. The van der Waals surface area contributed by atoms with Gasteiger partial charge in [0, 0.05) is 25.8 Å². The Kier molecular flexibility index (Phi) is 5.33. The fourth-order valence-corrected chi connectivity index (χ4v) is 4.18. The number of hydrogen-bond donors (Lipinski definition) is 1. The van der Waals surface area contributed by atoms with Crippen LogP contribution in [0, 0.1) is 0 Å². The van der Waals surface area contributed by atoms with Crippen LogP contribution in [0.25, 0.3) is 0 Å². The first-order chi connectivity index (χ1) is 13.2. The topological polar surface area (TPSA) is 36.4 Å². The first-order valence-electron chi connectivity index (χ1n) is 9.69. The molecule has 3 aromatic rings. The molecule has 0 saturated carbocycles. The van der Waals surface area contributed by atoms with E-state index in [1.807, 2.05) is 42.6 Å². The number of aliphatic hydroxyl groups is 1. The highest BCUT2D eigenvalue weighted by Crippen LogP contribution is 2.40. The molecule has 0 bridgehead atoms. The van der Waals surface area contributed by atoms with E-state index in [1.54, 1.807) is 0 Å². The third-order valence-corrected chi connectivity index (χ3v) is 5.62. The summed E-state index contributed by atoms with van der Waals surface area (Å²) in [7, 11) is 0. The second-order valence-electron chi connectivity index (χ2n) is 7.46. The highest BCUT2D eigenvalue weighted by atomic mass is 16.3. The average Bonchev–Trinajstić information content (AvgIpc) is 2.72. The molecule has 1 aliphatic heterocycles. The fourth-order valence-electron chi connectivity index (χ4n) is 4.18. The zero-order valence-electron chi connectivity index (χ0n) is 15.5. The summed E-state index contributed by atoms with van der Waals surface area (Å²) in [4.78, 5) is 7.02. The summed E-state index contributed by atoms with van der Waals surface area (Å²) < 4.78 is 0. The summed E-state index contributed by atoms with van der Waals surface area (Å²) in [5.74, 6) is -0.0984. The van der Waals surface area contributed by atoms with E-state index in [4.69, 9.17) is 0 Å². The van der Waals surface area contributed by atoms with E-state index in [0.29, 0.717) is 0 Å². The molecule has 27 heavy (non-hydrogen) atoms. The first kappa shape index (κ1) is 17.9. The largest absolute Gasteiger partial charge is 0.389 e. The molecule has 1 fully saturated rings. The smallest absolute Gasteiger partial charge is 0.0796 e. The van der Waals surface area contributed by atoms with Crippen LogP contribution in [-0.2, 0) is 6.54 Å². The standard InChI is InChI=1S/C24H26N2O/c27-24(14-17-26(18-15-24)19-20-9-3-1-4-10-20)23(21-11-5-2-6-12-21)22-13-7-8-16-25-22/h1-13,16,23,27H,14-15,17-19H2/t23-/m0/s1. The van der Waals surface area contributed by atoms with Gasteiger partial charge in [-0.25, -0.2) is 0 Å². The minimum Gasteiger partial charge on any atom is -0.389 e. The molecule has 1 aliphatic rings. The summed E-state index contributed by atoms with van der Waals surface area (Å²) in [6.07, 6.45) is 3.31.